The van der Waals surface area contributed by atoms with Crippen LogP contribution in [0.25, 0.3) is 10.8 Å². The van der Waals surface area contributed by atoms with Crippen LogP contribution in [0.5, 0.6) is 5.75 Å². The van der Waals surface area contributed by atoms with Gasteiger partial charge in [-0.15, -0.1) is 13.2 Å². The largest absolute Gasteiger partial charge is 0.492 e. The van der Waals surface area contributed by atoms with Gasteiger partial charge < -0.3 is 14.9 Å². The monoisotopic (exact) mass is 357 g/mol. The Labute approximate surface area is 152 Å². The van der Waals surface area contributed by atoms with Gasteiger partial charge in [0.1, 0.15) is 12.4 Å². The first-order valence-corrected chi connectivity index (χ1v) is 8.00. The summed E-state index contributed by atoms with van der Waals surface area (Å²) in [6.07, 6.45) is 3.81. The Balaban J connectivity index is 0.000000487. The standard InChI is InChI=1S/C18H21NO.C2H2O4/c1-3-12-19(13-4-2)14-15-20-18-11-7-9-16-8-5-6-10-17(16)18;3-1(4)2(5)6/h3-11H,1-2,12-15H2;(H,3,4)(H,5,6). The average molecular weight is 357 g/mol. The zero-order valence-electron chi connectivity index (χ0n) is 14.5. The number of fused-ring (bicyclic) bond motifs is 1. The van der Waals surface area contributed by atoms with Gasteiger partial charge in [0.15, 0.2) is 0 Å². The summed E-state index contributed by atoms with van der Waals surface area (Å²) in [5, 5.41) is 17.2. The number of carboxylic acids is 2. The van der Waals surface area contributed by atoms with Crippen LogP contribution in [0.1, 0.15) is 0 Å². The number of hydrogen-bond donors (Lipinski definition) is 2. The lowest BCUT2D eigenvalue weighted by Gasteiger charge is -2.19. The second-order valence-corrected chi connectivity index (χ2v) is 5.27. The molecule has 138 valence electrons. The Morgan fingerprint density at radius 2 is 1.54 bits per heavy atom. The quantitative estimate of drug-likeness (QED) is 0.558. The Morgan fingerprint density at radius 1 is 0.962 bits per heavy atom. The van der Waals surface area contributed by atoms with E-state index in [1.807, 2.05) is 36.4 Å². The third-order valence-electron chi connectivity index (χ3n) is 3.37. The van der Waals surface area contributed by atoms with Crippen molar-refractivity contribution in [1.29, 1.82) is 0 Å². The van der Waals surface area contributed by atoms with Crippen LogP contribution in [0.2, 0.25) is 0 Å². The smallest absolute Gasteiger partial charge is 0.414 e. The third kappa shape index (κ3) is 7.19. The molecule has 0 aliphatic heterocycles. The fraction of sp³-hybridized carbons (Fsp3) is 0.200. The van der Waals surface area contributed by atoms with Crippen molar-refractivity contribution in [1.82, 2.24) is 4.90 Å². The molecule has 0 atom stereocenters. The average Bonchev–Trinajstić information content (AvgIpc) is 2.63. The fourth-order valence-electron chi connectivity index (χ4n) is 2.23. The summed E-state index contributed by atoms with van der Waals surface area (Å²) in [6.45, 7) is 10.8. The van der Waals surface area contributed by atoms with E-state index in [0.717, 1.165) is 30.8 Å². The van der Waals surface area contributed by atoms with Gasteiger partial charge in [0.25, 0.3) is 0 Å². The number of ether oxygens (including phenoxy) is 1. The molecule has 2 aromatic carbocycles. The Hall–Kier alpha value is -3.12. The summed E-state index contributed by atoms with van der Waals surface area (Å²) in [5.41, 5.74) is 0. The molecule has 0 bridgehead atoms. The minimum atomic E-state index is -1.82. The van der Waals surface area contributed by atoms with Crippen LogP contribution in [-0.2, 0) is 9.59 Å². The Kier molecular flexibility index (Phi) is 9.20. The van der Waals surface area contributed by atoms with Crippen LogP contribution in [0.3, 0.4) is 0 Å². The van der Waals surface area contributed by atoms with Crippen molar-refractivity contribution in [2.24, 2.45) is 0 Å². The van der Waals surface area contributed by atoms with Crippen LogP contribution in [-0.4, -0.2) is 53.3 Å². The van der Waals surface area contributed by atoms with E-state index in [1.165, 1.54) is 5.39 Å². The summed E-state index contributed by atoms with van der Waals surface area (Å²) in [7, 11) is 0. The predicted molar refractivity (Wildman–Crippen MR) is 102 cm³/mol. The molecule has 0 radical (unpaired) electrons. The highest BCUT2D eigenvalue weighted by Gasteiger charge is 2.04. The van der Waals surface area contributed by atoms with E-state index < -0.39 is 11.9 Å². The van der Waals surface area contributed by atoms with Gasteiger partial charge >= 0.3 is 11.9 Å². The molecule has 2 N–H and O–H groups in total. The van der Waals surface area contributed by atoms with Crippen molar-refractivity contribution in [3.63, 3.8) is 0 Å². The Bertz CT molecular complexity index is 729. The maximum atomic E-state index is 9.10. The first kappa shape index (κ1) is 20.9. The lowest BCUT2D eigenvalue weighted by Crippen LogP contribution is -2.28. The van der Waals surface area contributed by atoms with Crippen molar-refractivity contribution in [3.8, 4) is 5.75 Å². The highest BCUT2D eigenvalue weighted by atomic mass is 16.5. The van der Waals surface area contributed by atoms with Gasteiger partial charge in [0, 0.05) is 25.0 Å². The van der Waals surface area contributed by atoms with Crippen LogP contribution >= 0.6 is 0 Å². The van der Waals surface area contributed by atoms with Crippen LogP contribution in [0, 0.1) is 0 Å². The van der Waals surface area contributed by atoms with E-state index in [4.69, 9.17) is 24.5 Å². The number of nitrogens with zero attached hydrogens (tertiary/aromatic N) is 1. The molecule has 0 saturated carbocycles. The summed E-state index contributed by atoms with van der Waals surface area (Å²) < 4.78 is 5.93. The molecule has 0 aliphatic rings. The maximum Gasteiger partial charge on any atom is 0.414 e. The van der Waals surface area contributed by atoms with Crippen molar-refractivity contribution >= 4 is 22.7 Å². The van der Waals surface area contributed by atoms with E-state index in [2.05, 4.69) is 36.3 Å². The van der Waals surface area contributed by atoms with E-state index in [0.29, 0.717) is 6.61 Å². The highest BCUT2D eigenvalue weighted by Crippen LogP contribution is 2.24. The zero-order chi connectivity index (χ0) is 19.4. The number of hydrogen-bond acceptors (Lipinski definition) is 4. The van der Waals surface area contributed by atoms with Crippen LogP contribution in [0.15, 0.2) is 67.8 Å². The van der Waals surface area contributed by atoms with Gasteiger partial charge in [-0.1, -0.05) is 48.6 Å². The molecular formula is C20H23NO5. The van der Waals surface area contributed by atoms with Crippen molar-refractivity contribution in [2.75, 3.05) is 26.2 Å². The Morgan fingerprint density at radius 3 is 2.12 bits per heavy atom. The molecule has 0 unspecified atom stereocenters. The van der Waals surface area contributed by atoms with Gasteiger partial charge in [0.2, 0.25) is 0 Å². The zero-order valence-corrected chi connectivity index (χ0v) is 14.5. The SMILES string of the molecule is C=CCN(CC=C)CCOc1cccc2ccccc12.O=C(O)C(=O)O. The molecule has 6 nitrogen and oxygen atoms in total. The van der Waals surface area contributed by atoms with Crippen molar-refractivity contribution in [2.45, 2.75) is 0 Å². The van der Waals surface area contributed by atoms with Crippen LogP contribution < -0.4 is 4.74 Å². The molecule has 0 amide bonds. The van der Waals surface area contributed by atoms with Gasteiger partial charge in [-0.2, -0.15) is 0 Å². The molecule has 0 spiro atoms. The minimum Gasteiger partial charge on any atom is -0.492 e. The molecule has 0 fully saturated rings. The second-order valence-electron chi connectivity index (χ2n) is 5.27. The molecule has 2 aromatic rings. The fourth-order valence-corrected chi connectivity index (χ4v) is 2.23. The molecule has 0 aromatic heterocycles. The second kappa shape index (κ2) is 11.4. The first-order chi connectivity index (χ1) is 12.5. The number of carboxylic acid groups (broad SMARTS) is 2. The van der Waals surface area contributed by atoms with Gasteiger partial charge in [-0.25, -0.2) is 9.59 Å². The normalized spacial score (nSPS) is 9.88. The number of rotatable bonds is 8. The van der Waals surface area contributed by atoms with Gasteiger partial charge in [0.05, 0.1) is 0 Å². The predicted octanol–water partition coefficient (Wildman–Crippen LogP) is 3.05. The summed E-state index contributed by atoms with van der Waals surface area (Å²) in [6, 6.07) is 14.4. The third-order valence-corrected chi connectivity index (χ3v) is 3.37. The molecule has 6 heteroatoms. The molecular weight excluding hydrogens is 334 g/mol. The van der Waals surface area contributed by atoms with E-state index in [-0.39, 0.29) is 0 Å². The molecule has 2 rings (SSSR count). The molecule has 26 heavy (non-hydrogen) atoms. The number of carbonyl (C=O) groups is 2. The maximum absolute atomic E-state index is 9.10. The summed E-state index contributed by atoms with van der Waals surface area (Å²) in [4.78, 5) is 20.4. The van der Waals surface area contributed by atoms with E-state index in [1.54, 1.807) is 0 Å². The minimum absolute atomic E-state index is 0.662. The first-order valence-electron chi connectivity index (χ1n) is 8.00. The lowest BCUT2D eigenvalue weighted by atomic mass is 10.1. The lowest BCUT2D eigenvalue weighted by molar-refractivity contribution is -0.159. The molecule has 0 aliphatic carbocycles. The molecule has 0 saturated heterocycles. The molecule has 0 heterocycles. The summed E-state index contributed by atoms with van der Waals surface area (Å²) >= 11 is 0. The van der Waals surface area contributed by atoms with E-state index in [9.17, 15) is 0 Å². The van der Waals surface area contributed by atoms with Crippen molar-refractivity contribution in [3.05, 3.63) is 67.8 Å². The number of benzene rings is 2. The number of aliphatic carboxylic acids is 2. The van der Waals surface area contributed by atoms with E-state index >= 15 is 0 Å². The van der Waals surface area contributed by atoms with Crippen LogP contribution in [0.4, 0.5) is 0 Å². The highest BCUT2D eigenvalue weighted by molar-refractivity contribution is 6.27. The summed E-state index contributed by atoms with van der Waals surface area (Å²) in [5.74, 6) is -2.70. The van der Waals surface area contributed by atoms with Gasteiger partial charge in [-0.3, -0.25) is 4.90 Å². The topological polar surface area (TPSA) is 87.1 Å². The van der Waals surface area contributed by atoms with Gasteiger partial charge in [-0.05, 0) is 11.5 Å². The van der Waals surface area contributed by atoms with Crippen molar-refractivity contribution < 1.29 is 24.5 Å².